The van der Waals surface area contributed by atoms with Crippen LogP contribution in [-0.2, 0) is 27.7 Å². The molecule has 3 aromatic rings. The van der Waals surface area contributed by atoms with Crippen molar-refractivity contribution in [2.45, 2.75) is 25.9 Å². The van der Waals surface area contributed by atoms with Gasteiger partial charge in [0.2, 0.25) is 5.43 Å². The van der Waals surface area contributed by atoms with E-state index in [4.69, 9.17) is 21.4 Å². The second-order valence-corrected chi connectivity index (χ2v) is 12.3. The van der Waals surface area contributed by atoms with Crippen molar-refractivity contribution in [2.24, 2.45) is 0 Å². The van der Waals surface area contributed by atoms with Crippen molar-refractivity contribution in [3.8, 4) is 0 Å². The first-order chi connectivity index (χ1) is 18.8. The fraction of sp³-hybridized carbons (Fsp3) is 0.444. The van der Waals surface area contributed by atoms with E-state index in [2.05, 4.69) is 15.1 Å². The fourth-order valence-electron chi connectivity index (χ4n) is 4.51. The lowest BCUT2D eigenvalue weighted by molar-refractivity contribution is 0.0342. The number of aliphatic hydroxyl groups is 1. The molecular weight excluding hydrogens is 544 g/mol. The number of nitrogens with one attached hydrogen (secondary N) is 1. The molecule has 1 aliphatic rings. The summed E-state index contributed by atoms with van der Waals surface area (Å²) in [6, 6.07) is 12.5. The zero-order valence-corrected chi connectivity index (χ0v) is 23.2. The summed E-state index contributed by atoms with van der Waals surface area (Å²) in [5, 5.41) is 16.8. The zero-order valence-electron chi connectivity index (χ0n) is 21.6. The van der Waals surface area contributed by atoms with E-state index in [0.29, 0.717) is 35.7 Å². The van der Waals surface area contributed by atoms with Crippen LogP contribution in [-0.4, -0.2) is 90.4 Å². The quantitative estimate of drug-likeness (QED) is 0.335. The van der Waals surface area contributed by atoms with Gasteiger partial charge in [-0.1, -0.05) is 29.8 Å². The molecule has 39 heavy (non-hydrogen) atoms. The number of aliphatic hydroxyl groups excluding tert-OH is 1. The number of benzene rings is 2. The Morgan fingerprint density at radius 2 is 1.77 bits per heavy atom. The molecule has 1 aliphatic heterocycles. The molecule has 1 aromatic heterocycles. The van der Waals surface area contributed by atoms with Crippen LogP contribution in [0.4, 0.5) is 0 Å². The normalized spacial score (nSPS) is 14.5. The number of hydrogen-bond donors (Lipinski definition) is 2. The van der Waals surface area contributed by atoms with Crippen molar-refractivity contribution >= 4 is 38.2 Å². The highest BCUT2D eigenvalue weighted by Crippen LogP contribution is 2.16. The van der Waals surface area contributed by atoms with Crippen molar-refractivity contribution in [1.82, 2.24) is 20.0 Å². The minimum Gasteiger partial charge on any atom is -0.396 e. The third kappa shape index (κ3) is 8.09. The fourth-order valence-corrected chi connectivity index (χ4v) is 5.97. The minimum atomic E-state index is -3.37. The van der Waals surface area contributed by atoms with Crippen LogP contribution in [0.2, 0.25) is 5.02 Å². The monoisotopic (exact) mass is 576 g/mol. The van der Waals surface area contributed by atoms with Crippen LogP contribution in [0, 0.1) is 0 Å². The van der Waals surface area contributed by atoms with E-state index in [1.54, 1.807) is 36.4 Å². The molecule has 2 aromatic carbocycles. The van der Waals surface area contributed by atoms with E-state index in [-0.39, 0.29) is 49.7 Å². The number of morpholine rings is 1. The maximum Gasteiger partial charge on any atom is 0.278 e. The van der Waals surface area contributed by atoms with Crippen molar-refractivity contribution in [3.05, 3.63) is 74.5 Å². The number of ether oxygens (including phenoxy) is 1. The highest BCUT2D eigenvalue weighted by molar-refractivity contribution is 7.91. The van der Waals surface area contributed by atoms with Gasteiger partial charge in [-0.05, 0) is 48.2 Å². The van der Waals surface area contributed by atoms with Gasteiger partial charge in [0.15, 0.2) is 5.69 Å². The highest BCUT2D eigenvalue weighted by atomic mass is 35.5. The summed E-state index contributed by atoms with van der Waals surface area (Å²) in [7, 11) is -3.37. The van der Waals surface area contributed by atoms with Gasteiger partial charge < -0.3 is 14.7 Å². The molecule has 1 fully saturated rings. The van der Waals surface area contributed by atoms with Crippen molar-refractivity contribution < 1.29 is 23.1 Å². The number of amides is 1. The number of halogens is 1. The van der Waals surface area contributed by atoms with Crippen molar-refractivity contribution in [3.63, 3.8) is 0 Å². The first kappa shape index (κ1) is 29.2. The van der Waals surface area contributed by atoms with E-state index in [1.807, 2.05) is 6.07 Å². The highest BCUT2D eigenvalue weighted by Gasteiger charge is 2.23. The predicted octanol–water partition coefficient (Wildman–Crippen LogP) is 2.24. The number of sulfone groups is 1. The Morgan fingerprint density at radius 3 is 2.49 bits per heavy atom. The zero-order chi connectivity index (χ0) is 27.8. The van der Waals surface area contributed by atoms with Gasteiger partial charge in [-0.15, -0.1) is 0 Å². The Bertz CT molecular complexity index is 1440. The topological polar surface area (TPSA) is 133 Å². The number of hydrogen-bond acceptors (Lipinski definition) is 8. The maximum absolute atomic E-state index is 13.6. The molecule has 0 radical (unpaired) electrons. The van der Waals surface area contributed by atoms with Gasteiger partial charge in [-0.3, -0.25) is 19.6 Å². The van der Waals surface area contributed by atoms with Crippen LogP contribution in [0.3, 0.4) is 0 Å². The minimum absolute atomic E-state index is 0.107. The SMILES string of the molecule is O=C(c1n[nH]c2ccc(CN3CCOCC3)cc2c1=O)N(CCCS(=O)(=O)CCCO)Cc1ccc(Cl)cc1. The summed E-state index contributed by atoms with van der Waals surface area (Å²) >= 11 is 6.00. The summed E-state index contributed by atoms with van der Waals surface area (Å²) in [6.45, 7) is 3.68. The lowest BCUT2D eigenvalue weighted by Crippen LogP contribution is -2.36. The second-order valence-electron chi connectivity index (χ2n) is 9.61. The van der Waals surface area contributed by atoms with E-state index in [0.717, 1.165) is 24.2 Å². The maximum atomic E-state index is 13.6. The van der Waals surface area contributed by atoms with E-state index in [1.165, 1.54) is 4.90 Å². The Labute approximate surface area is 232 Å². The van der Waals surface area contributed by atoms with E-state index < -0.39 is 21.2 Å². The smallest absolute Gasteiger partial charge is 0.278 e. The Hall–Kier alpha value is -2.83. The number of fused-ring (bicyclic) bond motifs is 1. The summed E-state index contributed by atoms with van der Waals surface area (Å²) in [5.41, 5.74) is 1.53. The van der Waals surface area contributed by atoms with Crippen LogP contribution < -0.4 is 5.43 Å². The number of aromatic nitrogens is 2. The first-order valence-corrected chi connectivity index (χ1v) is 15.1. The third-order valence-electron chi connectivity index (χ3n) is 6.62. The number of nitrogens with zero attached hydrogens (tertiary/aromatic N) is 3. The average Bonchev–Trinajstić information content (AvgIpc) is 2.93. The number of H-pyrrole nitrogens is 1. The van der Waals surface area contributed by atoms with Gasteiger partial charge in [0.1, 0.15) is 9.84 Å². The lowest BCUT2D eigenvalue weighted by Gasteiger charge is -2.26. The Morgan fingerprint density at radius 1 is 1.08 bits per heavy atom. The molecule has 0 aliphatic carbocycles. The van der Waals surface area contributed by atoms with Gasteiger partial charge in [-0.2, -0.15) is 5.10 Å². The van der Waals surface area contributed by atoms with Crippen molar-refractivity contribution in [1.29, 1.82) is 0 Å². The number of carbonyl (C=O) groups is 1. The number of carbonyl (C=O) groups excluding carboxylic acids is 1. The molecule has 10 nitrogen and oxygen atoms in total. The average molecular weight is 577 g/mol. The van der Waals surface area contributed by atoms with Crippen LogP contribution in [0.5, 0.6) is 0 Å². The van der Waals surface area contributed by atoms with Crippen LogP contribution in [0.15, 0.2) is 47.3 Å². The number of rotatable bonds is 12. The Kier molecular flexibility index (Phi) is 10.1. The molecule has 0 atom stereocenters. The summed E-state index contributed by atoms with van der Waals surface area (Å²) in [5.74, 6) is -0.837. The first-order valence-electron chi connectivity index (χ1n) is 12.9. The van der Waals surface area contributed by atoms with Gasteiger partial charge in [0, 0.05) is 49.7 Å². The van der Waals surface area contributed by atoms with Crippen LogP contribution in [0.1, 0.15) is 34.5 Å². The molecule has 0 spiro atoms. The molecular formula is C27H33ClN4O6S. The molecule has 1 amide bonds. The standard InChI is InChI=1S/C27H33ClN4O6S/c28-22-6-3-20(4-7-22)19-32(9-1-15-39(36,37)16-2-12-33)27(35)25-26(34)23-17-21(5-8-24(23)29-30-25)18-31-10-13-38-14-11-31/h3-8,17,33H,1-2,9-16,18-19H2,(H,29,34). The van der Waals surface area contributed by atoms with Gasteiger partial charge in [-0.25, -0.2) is 8.42 Å². The largest absolute Gasteiger partial charge is 0.396 e. The van der Waals surface area contributed by atoms with Gasteiger partial charge >= 0.3 is 0 Å². The van der Waals surface area contributed by atoms with Crippen LogP contribution >= 0.6 is 11.6 Å². The van der Waals surface area contributed by atoms with Crippen LogP contribution in [0.25, 0.3) is 10.9 Å². The second kappa shape index (κ2) is 13.5. The molecule has 0 unspecified atom stereocenters. The summed E-state index contributed by atoms with van der Waals surface area (Å²) in [6.07, 6.45) is 0.349. The molecule has 2 N–H and O–H groups in total. The van der Waals surface area contributed by atoms with Crippen molar-refractivity contribution in [2.75, 3.05) is 51.0 Å². The molecule has 2 heterocycles. The van der Waals surface area contributed by atoms with E-state index in [9.17, 15) is 18.0 Å². The summed E-state index contributed by atoms with van der Waals surface area (Å²) < 4.78 is 30.0. The summed E-state index contributed by atoms with van der Waals surface area (Å²) in [4.78, 5) is 30.8. The third-order valence-corrected chi connectivity index (χ3v) is 8.69. The Balaban J connectivity index is 1.57. The number of aromatic amines is 1. The molecule has 12 heteroatoms. The molecule has 1 saturated heterocycles. The lowest BCUT2D eigenvalue weighted by atomic mass is 10.1. The van der Waals surface area contributed by atoms with Gasteiger partial charge in [0.25, 0.3) is 5.91 Å². The molecule has 0 bridgehead atoms. The van der Waals surface area contributed by atoms with E-state index >= 15 is 0 Å². The molecule has 4 rings (SSSR count). The van der Waals surface area contributed by atoms with Gasteiger partial charge in [0.05, 0.1) is 30.2 Å². The molecule has 210 valence electrons. The predicted molar refractivity (Wildman–Crippen MR) is 150 cm³/mol. The molecule has 0 saturated carbocycles.